The number of hydrogen-bond acceptors (Lipinski definition) is 4. The molecule has 1 aliphatic heterocycles. The molecule has 0 spiro atoms. The van der Waals surface area contributed by atoms with Crippen molar-refractivity contribution in [1.29, 1.82) is 0 Å². The number of ether oxygens (including phenoxy) is 2. The average molecular weight is 265 g/mol. The van der Waals surface area contributed by atoms with Crippen molar-refractivity contribution in [1.82, 2.24) is 5.32 Å². The van der Waals surface area contributed by atoms with Crippen molar-refractivity contribution < 1.29 is 14.6 Å². The smallest absolute Gasteiger partial charge is 0.161 e. The molecule has 1 aliphatic rings. The number of hydrogen-bond donors (Lipinski definition) is 2. The van der Waals surface area contributed by atoms with Gasteiger partial charge < -0.3 is 19.9 Å². The van der Waals surface area contributed by atoms with E-state index in [-0.39, 0.29) is 12.1 Å². The van der Waals surface area contributed by atoms with Crippen LogP contribution in [0.25, 0.3) is 0 Å². The number of benzene rings is 1. The second-order valence-corrected chi connectivity index (χ2v) is 4.95. The Morgan fingerprint density at radius 1 is 1.26 bits per heavy atom. The molecular formula is C15H23NO3. The van der Waals surface area contributed by atoms with Gasteiger partial charge in [0.15, 0.2) is 11.5 Å². The van der Waals surface area contributed by atoms with Crippen LogP contribution in [0.4, 0.5) is 0 Å². The van der Waals surface area contributed by atoms with E-state index >= 15 is 0 Å². The van der Waals surface area contributed by atoms with Crippen LogP contribution in [0.2, 0.25) is 0 Å². The Balaban J connectivity index is 2.02. The third-order valence-electron chi connectivity index (χ3n) is 3.40. The Labute approximate surface area is 114 Å². The highest BCUT2D eigenvalue weighted by atomic mass is 16.5. The average Bonchev–Trinajstić information content (AvgIpc) is 2.68. The van der Waals surface area contributed by atoms with E-state index < -0.39 is 0 Å². The van der Waals surface area contributed by atoms with Gasteiger partial charge in [0, 0.05) is 19.0 Å². The molecule has 2 N–H and O–H groups in total. The lowest BCUT2D eigenvalue weighted by Gasteiger charge is -2.18. The lowest BCUT2D eigenvalue weighted by molar-refractivity contribution is 0.163. The first-order valence-corrected chi connectivity index (χ1v) is 7.01. The van der Waals surface area contributed by atoms with Crippen LogP contribution in [0.1, 0.15) is 38.3 Å². The summed E-state index contributed by atoms with van der Waals surface area (Å²) in [6.07, 6.45) is 1.39. The van der Waals surface area contributed by atoms with Crippen molar-refractivity contribution in [2.24, 2.45) is 0 Å². The molecule has 106 valence electrons. The fourth-order valence-electron chi connectivity index (χ4n) is 2.02. The zero-order valence-corrected chi connectivity index (χ0v) is 11.7. The molecule has 0 saturated carbocycles. The highest BCUT2D eigenvalue weighted by Crippen LogP contribution is 2.32. The minimum absolute atomic E-state index is 0.179. The van der Waals surface area contributed by atoms with Crippen LogP contribution in [0.15, 0.2) is 18.2 Å². The molecule has 19 heavy (non-hydrogen) atoms. The van der Waals surface area contributed by atoms with E-state index in [0.717, 1.165) is 29.9 Å². The molecule has 4 heteroatoms. The summed E-state index contributed by atoms with van der Waals surface area (Å²) < 4.78 is 11.3. The van der Waals surface area contributed by atoms with Gasteiger partial charge in [0.05, 0.1) is 19.3 Å². The van der Waals surface area contributed by atoms with Gasteiger partial charge >= 0.3 is 0 Å². The maximum absolute atomic E-state index is 9.58. The third kappa shape index (κ3) is 3.85. The highest BCUT2D eigenvalue weighted by Gasteiger charge is 2.14. The molecule has 0 radical (unpaired) electrons. The van der Waals surface area contributed by atoms with Gasteiger partial charge in [-0.1, -0.05) is 13.0 Å². The quantitative estimate of drug-likeness (QED) is 0.857. The predicted molar refractivity (Wildman–Crippen MR) is 74.8 cm³/mol. The number of nitrogens with one attached hydrogen (secondary N) is 1. The van der Waals surface area contributed by atoms with E-state index in [4.69, 9.17) is 9.47 Å². The molecule has 1 aromatic rings. The zero-order valence-electron chi connectivity index (χ0n) is 11.7. The van der Waals surface area contributed by atoms with Crippen LogP contribution in [0.5, 0.6) is 11.5 Å². The Kier molecular flexibility index (Phi) is 5.05. The molecular weight excluding hydrogens is 242 g/mol. The van der Waals surface area contributed by atoms with Crippen molar-refractivity contribution in [2.45, 2.75) is 38.8 Å². The summed E-state index contributed by atoms with van der Waals surface area (Å²) in [7, 11) is 0. The SMILES string of the molecule is CCC(O)CNC(C)c1ccc2c(c1)OCCCO2. The Morgan fingerprint density at radius 2 is 2.00 bits per heavy atom. The molecule has 0 fully saturated rings. The molecule has 0 bridgehead atoms. The minimum atomic E-state index is -0.289. The largest absolute Gasteiger partial charge is 0.490 e. The summed E-state index contributed by atoms with van der Waals surface area (Å²) in [6.45, 7) is 6.08. The van der Waals surface area contributed by atoms with Gasteiger partial charge in [-0.3, -0.25) is 0 Å². The summed E-state index contributed by atoms with van der Waals surface area (Å²) in [5, 5.41) is 12.9. The molecule has 2 rings (SSSR count). The van der Waals surface area contributed by atoms with E-state index in [9.17, 15) is 5.11 Å². The van der Waals surface area contributed by atoms with Gasteiger partial charge in [-0.2, -0.15) is 0 Å². The minimum Gasteiger partial charge on any atom is -0.490 e. The number of rotatable bonds is 5. The van der Waals surface area contributed by atoms with Crippen LogP contribution >= 0.6 is 0 Å². The summed E-state index contributed by atoms with van der Waals surface area (Å²) in [5.74, 6) is 1.64. The lowest BCUT2D eigenvalue weighted by Crippen LogP contribution is -2.28. The van der Waals surface area contributed by atoms with Gasteiger partial charge in [-0.15, -0.1) is 0 Å². The van der Waals surface area contributed by atoms with Crippen molar-refractivity contribution >= 4 is 0 Å². The molecule has 0 aliphatic carbocycles. The fraction of sp³-hybridized carbons (Fsp3) is 0.600. The predicted octanol–water partition coefficient (Wildman–Crippen LogP) is 2.27. The lowest BCUT2D eigenvalue weighted by atomic mass is 10.1. The van der Waals surface area contributed by atoms with Gasteiger partial charge in [-0.05, 0) is 31.0 Å². The van der Waals surface area contributed by atoms with E-state index in [1.54, 1.807) is 0 Å². The molecule has 2 atom stereocenters. The molecule has 0 saturated heterocycles. The Morgan fingerprint density at radius 3 is 2.74 bits per heavy atom. The van der Waals surface area contributed by atoms with Crippen LogP contribution in [0.3, 0.4) is 0 Å². The molecule has 4 nitrogen and oxygen atoms in total. The second-order valence-electron chi connectivity index (χ2n) is 4.95. The van der Waals surface area contributed by atoms with Gasteiger partial charge in [0.1, 0.15) is 0 Å². The van der Waals surface area contributed by atoms with Crippen molar-refractivity contribution in [2.75, 3.05) is 19.8 Å². The topological polar surface area (TPSA) is 50.7 Å². The van der Waals surface area contributed by atoms with E-state index in [1.807, 2.05) is 25.1 Å². The van der Waals surface area contributed by atoms with Crippen molar-refractivity contribution in [3.8, 4) is 11.5 Å². The van der Waals surface area contributed by atoms with E-state index in [2.05, 4.69) is 12.2 Å². The number of aliphatic hydroxyl groups is 1. The van der Waals surface area contributed by atoms with Crippen LogP contribution in [-0.4, -0.2) is 31.0 Å². The van der Waals surface area contributed by atoms with E-state index in [0.29, 0.717) is 19.8 Å². The van der Waals surface area contributed by atoms with Gasteiger partial charge in [0.25, 0.3) is 0 Å². The Hall–Kier alpha value is -1.26. The molecule has 0 amide bonds. The normalized spacial score (nSPS) is 17.6. The van der Waals surface area contributed by atoms with E-state index in [1.165, 1.54) is 0 Å². The summed E-state index contributed by atoms with van der Waals surface area (Å²) in [4.78, 5) is 0. The first-order chi connectivity index (χ1) is 9.20. The molecule has 0 aromatic heterocycles. The summed E-state index contributed by atoms with van der Waals surface area (Å²) in [6, 6.07) is 6.21. The van der Waals surface area contributed by atoms with Crippen LogP contribution in [-0.2, 0) is 0 Å². The molecule has 1 aromatic carbocycles. The standard InChI is InChI=1S/C15H23NO3/c1-3-13(17)10-16-11(2)12-5-6-14-15(9-12)19-8-4-7-18-14/h5-6,9,11,13,16-17H,3-4,7-8,10H2,1-2H3. The number of fused-ring (bicyclic) bond motifs is 1. The second kappa shape index (κ2) is 6.78. The van der Waals surface area contributed by atoms with Crippen molar-refractivity contribution in [3.63, 3.8) is 0 Å². The maximum Gasteiger partial charge on any atom is 0.161 e. The fourth-order valence-corrected chi connectivity index (χ4v) is 2.02. The monoisotopic (exact) mass is 265 g/mol. The summed E-state index contributed by atoms with van der Waals surface area (Å²) >= 11 is 0. The van der Waals surface area contributed by atoms with Gasteiger partial charge in [0.2, 0.25) is 0 Å². The highest BCUT2D eigenvalue weighted by molar-refractivity contribution is 5.44. The van der Waals surface area contributed by atoms with Crippen molar-refractivity contribution in [3.05, 3.63) is 23.8 Å². The van der Waals surface area contributed by atoms with Crippen LogP contribution in [0, 0.1) is 0 Å². The molecule has 2 unspecified atom stereocenters. The van der Waals surface area contributed by atoms with Crippen LogP contribution < -0.4 is 14.8 Å². The Bertz CT molecular complexity index is 408. The first-order valence-electron chi connectivity index (χ1n) is 7.01. The molecule has 1 heterocycles. The zero-order chi connectivity index (χ0) is 13.7. The third-order valence-corrected chi connectivity index (χ3v) is 3.40. The summed E-state index contributed by atoms with van der Waals surface area (Å²) in [5.41, 5.74) is 1.15. The van der Waals surface area contributed by atoms with Gasteiger partial charge in [-0.25, -0.2) is 0 Å². The first kappa shape index (κ1) is 14.2. The maximum atomic E-state index is 9.58. The number of aliphatic hydroxyl groups excluding tert-OH is 1.